The van der Waals surface area contributed by atoms with Crippen LogP contribution in [0, 0.1) is 0 Å². The summed E-state index contributed by atoms with van der Waals surface area (Å²) in [7, 11) is -3.37. The minimum Gasteiger partial charge on any atom is -0.266 e. The molecule has 13 heavy (non-hydrogen) atoms. The molecule has 0 saturated carbocycles. The summed E-state index contributed by atoms with van der Waals surface area (Å²) in [5, 5.41) is -0.00484. The standard InChI is InChI=1S/C5H5BrClN3O2S/c6-3-13(11,12)10-4-1-2-8-5(7)9-4/h1-2H,3H2,(H,8,9,10). The molecule has 0 bridgehead atoms. The minimum absolute atomic E-state index is 0.00484. The van der Waals surface area contributed by atoms with Gasteiger partial charge in [-0.05, 0) is 17.7 Å². The number of nitrogens with zero attached hydrogens (tertiary/aromatic N) is 2. The highest BCUT2D eigenvalue weighted by atomic mass is 79.9. The second-order valence-electron chi connectivity index (χ2n) is 2.04. The maximum atomic E-state index is 11.0. The van der Waals surface area contributed by atoms with Gasteiger partial charge in [-0.25, -0.2) is 13.4 Å². The van der Waals surface area contributed by atoms with Crippen LogP contribution < -0.4 is 4.72 Å². The number of hydrogen-bond acceptors (Lipinski definition) is 4. The molecule has 5 nitrogen and oxygen atoms in total. The van der Waals surface area contributed by atoms with Crippen LogP contribution in [0.2, 0.25) is 5.28 Å². The molecule has 8 heteroatoms. The molecule has 0 fully saturated rings. The number of rotatable bonds is 3. The lowest BCUT2D eigenvalue weighted by Crippen LogP contribution is -2.14. The molecular weight excluding hydrogens is 281 g/mol. The van der Waals surface area contributed by atoms with Crippen molar-refractivity contribution < 1.29 is 8.42 Å². The van der Waals surface area contributed by atoms with E-state index in [9.17, 15) is 8.42 Å². The zero-order valence-corrected chi connectivity index (χ0v) is 9.40. The summed E-state index contributed by atoms with van der Waals surface area (Å²) in [6, 6.07) is 1.41. The fourth-order valence-corrected chi connectivity index (χ4v) is 1.56. The normalized spacial score (nSPS) is 11.2. The summed E-state index contributed by atoms with van der Waals surface area (Å²) in [5.41, 5.74) is 0. The van der Waals surface area contributed by atoms with Crippen LogP contribution in [0.25, 0.3) is 0 Å². The Morgan fingerprint density at radius 2 is 2.31 bits per heavy atom. The summed E-state index contributed by atoms with van der Waals surface area (Å²) in [6.45, 7) is 0. The fraction of sp³-hybridized carbons (Fsp3) is 0.200. The van der Waals surface area contributed by atoms with Crippen LogP contribution >= 0.6 is 27.5 Å². The van der Waals surface area contributed by atoms with Crippen molar-refractivity contribution in [2.24, 2.45) is 0 Å². The van der Waals surface area contributed by atoms with Gasteiger partial charge in [-0.3, -0.25) is 4.72 Å². The van der Waals surface area contributed by atoms with Crippen molar-refractivity contribution in [3.63, 3.8) is 0 Å². The van der Waals surface area contributed by atoms with Crippen molar-refractivity contribution in [2.45, 2.75) is 0 Å². The SMILES string of the molecule is O=S(=O)(CBr)Nc1ccnc(Cl)n1. The Bertz CT molecular complexity index is 397. The first kappa shape index (κ1) is 10.7. The molecule has 1 aromatic rings. The first-order valence-corrected chi connectivity index (χ1v) is 6.24. The molecule has 1 rings (SSSR count). The third-order valence-electron chi connectivity index (χ3n) is 1.03. The first-order chi connectivity index (χ1) is 6.03. The number of halogens is 2. The Kier molecular flexibility index (Phi) is 3.46. The van der Waals surface area contributed by atoms with Crippen molar-refractivity contribution in [3.05, 3.63) is 17.5 Å². The smallest absolute Gasteiger partial charge is 0.243 e. The molecule has 0 atom stereocenters. The molecule has 0 aromatic carbocycles. The van der Waals surface area contributed by atoms with Crippen LogP contribution in [0.15, 0.2) is 12.3 Å². The molecule has 1 aromatic heterocycles. The predicted octanol–water partition coefficient (Wildman–Crippen LogP) is 1.22. The van der Waals surface area contributed by atoms with Crippen LogP contribution in [0.1, 0.15) is 0 Å². The van der Waals surface area contributed by atoms with Crippen LogP contribution in [-0.2, 0) is 10.0 Å². The number of sulfonamides is 1. The zero-order chi connectivity index (χ0) is 9.90. The lowest BCUT2D eigenvalue weighted by Gasteiger charge is -2.02. The van der Waals surface area contributed by atoms with E-state index in [0.29, 0.717) is 0 Å². The topological polar surface area (TPSA) is 72.0 Å². The highest BCUT2D eigenvalue weighted by Crippen LogP contribution is 2.08. The number of aromatic nitrogens is 2. The molecule has 0 amide bonds. The van der Waals surface area contributed by atoms with E-state index >= 15 is 0 Å². The van der Waals surface area contributed by atoms with Crippen molar-refractivity contribution in [1.82, 2.24) is 9.97 Å². The molecule has 0 spiro atoms. The van der Waals surface area contributed by atoms with Crippen molar-refractivity contribution >= 4 is 43.4 Å². The van der Waals surface area contributed by atoms with E-state index in [1.165, 1.54) is 12.3 Å². The van der Waals surface area contributed by atoms with Crippen molar-refractivity contribution in [1.29, 1.82) is 0 Å². The zero-order valence-electron chi connectivity index (χ0n) is 6.24. The molecule has 0 radical (unpaired) electrons. The Morgan fingerprint density at radius 3 is 2.85 bits per heavy atom. The number of nitrogens with one attached hydrogen (secondary N) is 1. The molecule has 0 unspecified atom stereocenters. The van der Waals surface area contributed by atoms with Crippen molar-refractivity contribution in [3.8, 4) is 0 Å². The summed E-state index contributed by atoms with van der Waals surface area (Å²) in [4.78, 5) is 7.25. The Morgan fingerprint density at radius 1 is 1.62 bits per heavy atom. The second kappa shape index (κ2) is 4.21. The summed E-state index contributed by atoms with van der Waals surface area (Å²) >= 11 is 8.27. The van der Waals surface area contributed by atoms with Crippen LogP contribution in [-0.4, -0.2) is 23.0 Å². The van der Waals surface area contributed by atoms with Gasteiger partial charge in [0.15, 0.2) is 0 Å². The maximum Gasteiger partial charge on any atom is 0.243 e. The summed E-state index contributed by atoms with van der Waals surface area (Å²) in [6.07, 6.45) is 1.36. The maximum absolute atomic E-state index is 11.0. The molecule has 1 N–H and O–H groups in total. The Balaban J connectivity index is 2.87. The lowest BCUT2D eigenvalue weighted by atomic mass is 10.6. The Labute approximate surface area is 88.7 Å². The molecule has 0 aliphatic carbocycles. The van der Waals surface area contributed by atoms with Gasteiger partial charge >= 0.3 is 0 Å². The summed E-state index contributed by atoms with van der Waals surface area (Å²) < 4.78 is 24.0. The van der Waals surface area contributed by atoms with Gasteiger partial charge < -0.3 is 0 Å². The van der Waals surface area contributed by atoms with E-state index in [4.69, 9.17) is 11.6 Å². The molecule has 0 aliphatic rings. The highest BCUT2D eigenvalue weighted by molar-refractivity contribution is 9.10. The second-order valence-corrected chi connectivity index (χ2v) is 5.40. The number of alkyl halides is 1. The van der Waals surface area contributed by atoms with Crippen molar-refractivity contribution in [2.75, 3.05) is 9.38 Å². The monoisotopic (exact) mass is 285 g/mol. The van der Waals surface area contributed by atoms with E-state index in [1.54, 1.807) is 0 Å². The van der Waals surface area contributed by atoms with Gasteiger partial charge in [0, 0.05) is 6.20 Å². The summed E-state index contributed by atoms with van der Waals surface area (Å²) in [5.74, 6) is 0.152. The van der Waals surface area contributed by atoms with Gasteiger partial charge in [-0.2, -0.15) is 4.98 Å². The van der Waals surface area contributed by atoms with E-state index in [0.717, 1.165) is 0 Å². The van der Waals surface area contributed by atoms with Gasteiger partial charge in [0.2, 0.25) is 15.3 Å². The molecule has 72 valence electrons. The molecule has 1 heterocycles. The molecular formula is C5H5BrClN3O2S. The van der Waals surface area contributed by atoms with Crippen LogP contribution in [0.5, 0.6) is 0 Å². The Hall–Kier alpha value is -0.400. The number of anilines is 1. The predicted molar refractivity (Wildman–Crippen MR) is 53.4 cm³/mol. The molecule has 0 saturated heterocycles. The van der Waals surface area contributed by atoms with Crippen LogP contribution in [0.3, 0.4) is 0 Å². The average molecular weight is 287 g/mol. The largest absolute Gasteiger partial charge is 0.266 e. The van der Waals surface area contributed by atoms with E-state index in [2.05, 4.69) is 30.6 Å². The quantitative estimate of drug-likeness (QED) is 0.670. The van der Waals surface area contributed by atoms with E-state index in [-0.39, 0.29) is 15.8 Å². The minimum atomic E-state index is -3.37. The third kappa shape index (κ3) is 3.45. The van der Waals surface area contributed by atoms with Gasteiger partial charge in [0.1, 0.15) is 10.5 Å². The van der Waals surface area contributed by atoms with Gasteiger partial charge in [-0.15, -0.1) is 0 Å². The number of hydrogen-bond donors (Lipinski definition) is 1. The van der Waals surface area contributed by atoms with Gasteiger partial charge in [0.25, 0.3) is 0 Å². The lowest BCUT2D eigenvalue weighted by molar-refractivity contribution is 0.606. The van der Waals surface area contributed by atoms with Crippen LogP contribution in [0.4, 0.5) is 5.82 Å². The fourth-order valence-electron chi connectivity index (χ4n) is 0.578. The van der Waals surface area contributed by atoms with Gasteiger partial charge in [0.05, 0.1) is 0 Å². The van der Waals surface area contributed by atoms with Gasteiger partial charge in [-0.1, -0.05) is 15.9 Å². The first-order valence-electron chi connectivity index (χ1n) is 3.08. The van der Waals surface area contributed by atoms with E-state index < -0.39 is 10.0 Å². The highest BCUT2D eigenvalue weighted by Gasteiger charge is 2.08. The average Bonchev–Trinajstić information content (AvgIpc) is 2.03. The van der Waals surface area contributed by atoms with E-state index in [1.807, 2.05) is 0 Å². The molecule has 0 aliphatic heterocycles. The third-order valence-corrected chi connectivity index (χ3v) is 3.83.